The fourth-order valence-electron chi connectivity index (χ4n) is 3.48. The number of halogens is 1. The van der Waals surface area contributed by atoms with E-state index in [4.69, 9.17) is 21.1 Å². The molecule has 0 aliphatic heterocycles. The number of sulfonamides is 1. The molecule has 39 heavy (non-hydrogen) atoms. The van der Waals surface area contributed by atoms with Gasteiger partial charge >= 0.3 is 0 Å². The zero-order chi connectivity index (χ0) is 27.7. The van der Waals surface area contributed by atoms with Gasteiger partial charge < -0.3 is 9.47 Å². The van der Waals surface area contributed by atoms with Crippen molar-refractivity contribution in [1.82, 2.24) is 5.43 Å². The van der Waals surface area contributed by atoms with Crippen molar-refractivity contribution < 1.29 is 22.7 Å². The van der Waals surface area contributed by atoms with Gasteiger partial charge in [0.1, 0.15) is 30.4 Å². The summed E-state index contributed by atoms with van der Waals surface area (Å²) in [5.41, 5.74) is 4.29. The molecule has 0 fully saturated rings. The lowest BCUT2D eigenvalue weighted by atomic mass is 10.2. The lowest BCUT2D eigenvalue weighted by molar-refractivity contribution is -0.119. The number of hydrogen-bond donors (Lipinski definition) is 1. The molecule has 0 aliphatic carbocycles. The summed E-state index contributed by atoms with van der Waals surface area (Å²) < 4.78 is 37.3. The van der Waals surface area contributed by atoms with Crippen molar-refractivity contribution in [2.24, 2.45) is 5.10 Å². The first-order valence-corrected chi connectivity index (χ1v) is 14.1. The van der Waals surface area contributed by atoms with Crippen molar-refractivity contribution in [1.29, 1.82) is 0 Å². The SMILES string of the molecule is CS(=O)(=O)N(CC(=O)N/N=C\c1ccc(OCc2ccccc2Cl)cc1)c1ccc(Oc2ccccc2)cc1. The largest absolute Gasteiger partial charge is 0.489 e. The number of hydrazone groups is 1. The van der Waals surface area contributed by atoms with Crippen LogP contribution < -0.4 is 19.2 Å². The highest BCUT2D eigenvalue weighted by Crippen LogP contribution is 2.25. The average molecular weight is 564 g/mol. The predicted molar refractivity (Wildman–Crippen MR) is 153 cm³/mol. The summed E-state index contributed by atoms with van der Waals surface area (Å²) >= 11 is 6.15. The molecule has 0 spiro atoms. The minimum atomic E-state index is -3.74. The van der Waals surface area contributed by atoms with Gasteiger partial charge in [-0.25, -0.2) is 13.8 Å². The van der Waals surface area contributed by atoms with Crippen LogP contribution in [0.2, 0.25) is 5.02 Å². The summed E-state index contributed by atoms with van der Waals surface area (Å²) in [5, 5.41) is 4.58. The summed E-state index contributed by atoms with van der Waals surface area (Å²) in [6, 6.07) is 30.2. The first kappa shape index (κ1) is 27.7. The Balaban J connectivity index is 1.31. The Labute approximate surface area is 232 Å². The summed E-state index contributed by atoms with van der Waals surface area (Å²) in [4.78, 5) is 12.5. The van der Waals surface area contributed by atoms with E-state index in [2.05, 4.69) is 10.5 Å². The lowest BCUT2D eigenvalue weighted by Crippen LogP contribution is -2.38. The average Bonchev–Trinajstić information content (AvgIpc) is 2.93. The number of carbonyl (C=O) groups is 1. The molecule has 4 aromatic carbocycles. The molecule has 0 radical (unpaired) electrons. The van der Waals surface area contributed by atoms with Crippen LogP contribution in [0.25, 0.3) is 0 Å². The maximum Gasteiger partial charge on any atom is 0.260 e. The number of carbonyl (C=O) groups excluding carboxylic acids is 1. The Kier molecular flexibility index (Phi) is 9.19. The van der Waals surface area contributed by atoms with Crippen LogP contribution in [0.15, 0.2) is 108 Å². The van der Waals surface area contributed by atoms with Gasteiger partial charge in [0.05, 0.1) is 18.2 Å². The van der Waals surface area contributed by atoms with E-state index >= 15 is 0 Å². The van der Waals surface area contributed by atoms with Crippen molar-refractivity contribution in [2.75, 3.05) is 17.1 Å². The molecule has 1 amide bonds. The van der Waals surface area contributed by atoms with Crippen molar-refractivity contribution >= 4 is 39.4 Å². The van der Waals surface area contributed by atoms with Crippen LogP contribution in [-0.2, 0) is 21.4 Å². The van der Waals surface area contributed by atoms with Crippen LogP contribution in [0.4, 0.5) is 5.69 Å². The summed E-state index contributed by atoms with van der Waals surface area (Å²) in [5.74, 6) is 1.25. The maximum atomic E-state index is 12.5. The Morgan fingerprint density at radius 2 is 1.49 bits per heavy atom. The fourth-order valence-corrected chi connectivity index (χ4v) is 4.52. The van der Waals surface area contributed by atoms with Crippen molar-refractivity contribution in [2.45, 2.75) is 6.61 Å². The highest BCUT2D eigenvalue weighted by molar-refractivity contribution is 7.92. The molecule has 8 nitrogen and oxygen atoms in total. The van der Waals surface area contributed by atoms with Crippen LogP contribution in [0, 0.1) is 0 Å². The molecule has 4 aromatic rings. The standard InChI is InChI=1S/C29H26ClN3O5S/c1-39(35,36)33(24-13-17-27(18-14-24)38-26-8-3-2-4-9-26)20-29(34)32-31-19-22-11-15-25(16-12-22)37-21-23-7-5-6-10-28(23)30/h2-19H,20-21H2,1H3,(H,32,34)/b31-19-. The molecule has 0 aromatic heterocycles. The number of rotatable bonds is 11. The normalized spacial score (nSPS) is 11.2. The molecular weight excluding hydrogens is 538 g/mol. The van der Waals surface area contributed by atoms with E-state index in [9.17, 15) is 13.2 Å². The van der Waals surface area contributed by atoms with Crippen molar-refractivity contribution in [3.63, 3.8) is 0 Å². The molecule has 1 N–H and O–H groups in total. The summed E-state index contributed by atoms with van der Waals surface area (Å²) in [6.07, 6.45) is 2.49. The number of anilines is 1. The molecular formula is C29H26ClN3O5S. The molecule has 0 bridgehead atoms. The number of amides is 1. The molecule has 0 saturated carbocycles. The van der Waals surface area contributed by atoms with Gasteiger partial charge in [-0.15, -0.1) is 0 Å². The third-order valence-electron chi connectivity index (χ3n) is 5.43. The highest BCUT2D eigenvalue weighted by atomic mass is 35.5. The predicted octanol–water partition coefficient (Wildman–Crippen LogP) is 5.63. The minimum absolute atomic E-state index is 0.324. The third-order valence-corrected chi connectivity index (χ3v) is 6.94. The second kappa shape index (κ2) is 12.9. The van der Waals surface area contributed by atoms with Gasteiger partial charge in [-0.3, -0.25) is 9.10 Å². The molecule has 0 atom stereocenters. The Bertz CT molecular complexity index is 1530. The van der Waals surface area contributed by atoms with Gasteiger partial charge in [-0.2, -0.15) is 5.10 Å². The molecule has 200 valence electrons. The summed E-state index contributed by atoms with van der Waals surface area (Å²) in [7, 11) is -3.74. The lowest BCUT2D eigenvalue weighted by Gasteiger charge is -2.21. The van der Waals surface area contributed by atoms with Gasteiger partial charge in [0.25, 0.3) is 5.91 Å². The van der Waals surface area contributed by atoms with E-state index in [0.717, 1.165) is 21.7 Å². The Hall–Kier alpha value is -4.34. The minimum Gasteiger partial charge on any atom is -0.489 e. The van der Waals surface area contributed by atoms with E-state index in [1.54, 1.807) is 54.6 Å². The quantitative estimate of drug-likeness (QED) is 0.188. The number of nitrogens with zero attached hydrogens (tertiary/aromatic N) is 2. The zero-order valence-corrected chi connectivity index (χ0v) is 22.6. The number of para-hydroxylation sites is 1. The van der Waals surface area contributed by atoms with Crippen LogP contribution in [-0.4, -0.2) is 33.3 Å². The number of ether oxygens (including phenoxy) is 2. The Morgan fingerprint density at radius 1 is 0.872 bits per heavy atom. The number of hydrogen-bond acceptors (Lipinski definition) is 6. The molecule has 0 aliphatic rings. The number of nitrogens with one attached hydrogen (secondary N) is 1. The van der Waals surface area contributed by atoms with Gasteiger partial charge in [-0.05, 0) is 72.3 Å². The van der Waals surface area contributed by atoms with Gasteiger partial charge in [0.2, 0.25) is 10.0 Å². The highest BCUT2D eigenvalue weighted by Gasteiger charge is 2.20. The third kappa shape index (κ3) is 8.33. The topological polar surface area (TPSA) is 97.3 Å². The second-order valence-corrected chi connectivity index (χ2v) is 10.7. The van der Waals surface area contributed by atoms with E-state index in [1.807, 2.05) is 48.5 Å². The summed E-state index contributed by atoms with van der Waals surface area (Å²) in [6.45, 7) is -0.104. The first-order valence-electron chi connectivity index (χ1n) is 11.9. The van der Waals surface area contributed by atoms with E-state index in [-0.39, 0.29) is 0 Å². The smallest absolute Gasteiger partial charge is 0.260 e. The first-order chi connectivity index (χ1) is 18.8. The van der Waals surface area contributed by atoms with E-state index in [0.29, 0.717) is 34.6 Å². The van der Waals surface area contributed by atoms with Crippen LogP contribution in [0.3, 0.4) is 0 Å². The van der Waals surface area contributed by atoms with Gasteiger partial charge in [-0.1, -0.05) is 48.0 Å². The maximum absolute atomic E-state index is 12.5. The van der Waals surface area contributed by atoms with Crippen LogP contribution in [0.1, 0.15) is 11.1 Å². The zero-order valence-electron chi connectivity index (χ0n) is 21.0. The molecule has 0 saturated heterocycles. The monoisotopic (exact) mass is 563 g/mol. The molecule has 4 rings (SSSR count). The number of benzene rings is 4. The van der Waals surface area contributed by atoms with Gasteiger partial charge in [0.15, 0.2) is 0 Å². The molecule has 0 unspecified atom stereocenters. The van der Waals surface area contributed by atoms with Crippen molar-refractivity contribution in [3.8, 4) is 17.2 Å². The van der Waals surface area contributed by atoms with E-state index in [1.165, 1.54) is 6.21 Å². The second-order valence-electron chi connectivity index (χ2n) is 8.42. The molecule has 0 heterocycles. The van der Waals surface area contributed by atoms with E-state index < -0.39 is 22.5 Å². The Morgan fingerprint density at radius 3 is 2.15 bits per heavy atom. The van der Waals surface area contributed by atoms with Crippen LogP contribution in [0.5, 0.6) is 17.2 Å². The van der Waals surface area contributed by atoms with Crippen molar-refractivity contribution in [3.05, 3.63) is 119 Å². The fraction of sp³-hybridized carbons (Fsp3) is 0.103. The molecule has 10 heteroatoms. The van der Waals surface area contributed by atoms with Crippen LogP contribution >= 0.6 is 11.6 Å². The van der Waals surface area contributed by atoms with Gasteiger partial charge in [0, 0.05) is 10.6 Å².